The van der Waals surface area contributed by atoms with Gasteiger partial charge in [-0.25, -0.2) is 0 Å². The van der Waals surface area contributed by atoms with E-state index in [4.69, 9.17) is 4.74 Å². The lowest BCUT2D eigenvalue weighted by molar-refractivity contribution is -0.00471. The molecule has 3 nitrogen and oxygen atoms in total. The summed E-state index contributed by atoms with van der Waals surface area (Å²) in [6, 6.07) is 5.39. The molecule has 0 N–H and O–H groups in total. The second kappa shape index (κ2) is 13.6. The summed E-state index contributed by atoms with van der Waals surface area (Å²) in [4.78, 5) is 6.17. The predicted molar refractivity (Wildman–Crippen MR) is 201 cm³/mol. The normalized spacial score (nSPS) is 47.9. The van der Waals surface area contributed by atoms with Crippen LogP contribution in [0.3, 0.4) is 0 Å². The fourth-order valence-electron chi connectivity index (χ4n) is 16.3. The van der Waals surface area contributed by atoms with Crippen LogP contribution in [0.4, 0.5) is 0 Å². The summed E-state index contributed by atoms with van der Waals surface area (Å²) >= 11 is 0. The van der Waals surface area contributed by atoms with Crippen LogP contribution in [-0.4, -0.2) is 68.3 Å². The highest BCUT2D eigenvalue weighted by molar-refractivity contribution is 6.81. The molecule has 0 radical (unpaired) electrons. The zero-order chi connectivity index (χ0) is 32.5. The summed E-state index contributed by atoms with van der Waals surface area (Å²) in [6.07, 6.45) is 30.4. The number of rotatable bonds is 9. The molecule has 6 aliphatic carbocycles. The van der Waals surface area contributed by atoms with Crippen molar-refractivity contribution in [2.24, 2.45) is 47.3 Å². The standard InChI is InChI=1S/C43H76N2OSi/c1-43(2,3)46-27-17-7-8-18-28-47(6,41-31-21-11-9-19-29(31)39-37(41)33-23-13-15-25-35(33)44(39)4)42-32-22-12-10-20-30(32)40-38(42)34-24-14-16-26-36(34)45(40)5/h29-42H,7-28H2,1-6H3. The number of hydrogen-bond acceptors (Lipinski definition) is 3. The van der Waals surface area contributed by atoms with Gasteiger partial charge in [0.15, 0.2) is 0 Å². The fraction of sp³-hybridized carbons (Fsp3) is 1.00. The fourth-order valence-corrected chi connectivity index (χ4v) is 23.8. The van der Waals surface area contributed by atoms with Crippen molar-refractivity contribution < 1.29 is 4.74 Å². The molecule has 2 heterocycles. The maximum atomic E-state index is 6.17. The zero-order valence-electron chi connectivity index (χ0n) is 31.9. The Morgan fingerprint density at radius 3 is 1.40 bits per heavy atom. The molecule has 14 unspecified atom stereocenters. The van der Waals surface area contributed by atoms with Crippen LogP contribution in [-0.2, 0) is 4.74 Å². The highest BCUT2D eigenvalue weighted by Gasteiger charge is 2.71. The Bertz CT molecular complexity index is 1000. The molecule has 0 aromatic carbocycles. The van der Waals surface area contributed by atoms with Gasteiger partial charge in [-0.15, -0.1) is 0 Å². The predicted octanol–water partition coefficient (Wildman–Crippen LogP) is 10.8. The topological polar surface area (TPSA) is 15.7 Å². The summed E-state index contributed by atoms with van der Waals surface area (Å²) in [6.45, 7) is 10.8. The average Bonchev–Trinajstić information content (AvgIpc) is 3.77. The third kappa shape index (κ3) is 5.82. The first-order chi connectivity index (χ1) is 22.7. The van der Waals surface area contributed by atoms with Gasteiger partial charge >= 0.3 is 0 Å². The number of nitrogens with zero attached hydrogens (tertiary/aromatic N) is 2. The van der Waals surface area contributed by atoms with E-state index in [2.05, 4.69) is 51.2 Å². The molecule has 47 heavy (non-hydrogen) atoms. The molecule has 0 bridgehead atoms. The van der Waals surface area contributed by atoms with Crippen LogP contribution in [0.15, 0.2) is 0 Å². The zero-order valence-corrected chi connectivity index (χ0v) is 32.9. The Labute approximate surface area is 292 Å². The molecule has 2 saturated heterocycles. The number of likely N-dealkylation sites (tertiary alicyclic amines) is 2. The summed E-state index contributed by atoms with van der Waals surface area (Å²) in [5.41, 5.74) is 2.25. The molecule has 268 valence electrons. The molecule has 4 heteroatoms. The van der Waals surface area contributed by atoms with E-state index in [1.54, 1.807) is 57.4 Å². The highest BCUT2D eigenvalue weighted by Crippen LogP contribution is 2.72. The molecule has 8 rings (SSSR count). The van der Waals surface area contributed by atoms with E-state index in [1.165, 1.54) is 77.0 Å². The molecular weight excluding hydrogens is 589 g/mol. The van der Waals surface area contributed by atoms with Crippen LogP contribution in [0.5, 0.6) is 0 Å². The molecule has 14 atom stereocenters. The van der Waals surface area contributed by atoms with Crippen molar-refractivity contribution in [1.82, 2.24) is 9.80 Å². The van der Waals surface area contributed by atoms with Gasteiger partial charge in [-0.3, -0.25) is 9.80 Å². The van der Waals surface area contributed by atoms with Crippen molar-refractivity contribution in [2.45, 2.75) is 203 Å². The molecule has 0 spiro atoms. The van der Waals surface area contributed by atoms with Gasteiger partial charge in [-0.05, 0) is 138 Å². The van der Waals surface area contributed by atoms with Gasteiger partial charge in [0.1, 0.15) is 0 Å². The van der Waals surface area contributed by atoms with Gasteiger partial charge < -0.3 is 4.74 Å². The van der Waals surface area contributed by atoms with E-state index in [0.29, 0.717) is 0 Å². The highest BCUT2D eigenvalue weighted by atomic mass is 28.3. The molecule has 0 amide bonds. The van der Waals surface area contributed by atoms with E-state index in [0.717, 1.165) is 89.2 Å². The van der Waals surface area contributed by atoms with E-state index in [-0.39, 0.29) is 5.60 Å². The first-order valence-electron chi connectivity index (χ1n) is 21.8. The molecule has 0 aromatic rings. The Balaban J connectivity index is 1.16. The van der Waals surface area contributed by atoms with Crippen LogP contribution in [0, 0.1) is 47.3 Å². The lowest BCUT2D eigenvalue weighted by atomic mass is 9.77. The average molecular weight is 665 g/mol. The number of fused-ring (bicyclic) bond motifs is 10. The van der Waals surface area contributed by atoms with Gasteiger partial charge in [0.25, 0.3) is 0 Å². The van der Waals surface area contributed by atoms with E-state index < -0.39 is 8.07 Å². The Kier molecular flexibility index (Phi) is 9.88. The minimum atomic E-state index is -1.67. The van der Waals surface area contributed by atoms with Crippen molar-refractivity contribution in [1.29, 1.82) is 0 Å². The Morgan fingerprint density at radius 1 is 0.532 bits per heavy atom. The van der Waals surface area contributed by atoms with Crippen molar-refractivity contribution in [3.05, 3.63) is 0 Å². The van der Waals surface area contributed by atoms with E-state index >= 15 is 0 Å². The van der Waals surface area contributed by atoms with E-state index in [1.807, 2.05) is 0 Å². The Hall–Kier alpha value is 0.0969. The molecular formula is C43H76N2OSi. The quantitative estimate of drug-likeness (QED) is 0.180. The molecule has 0 aromatic heterocycles. The van der Waals surface area contributed by atoms with Gasteiger partial charge in [0.05, 0.1) is 13.7 Å². The van der Waals surface area contributed by atoms with Gasteiger partial charge in [-0.2, -0.15) is 0 Å². The summed E-state index contributed by atoms with van der Waals surface area (Å²) in [5.74, 6) is 8.38. The summed E-state index contributed by atoms with van der Waals surface area (Å²) < 4.78 is 6.17. The minimum Gasteiger partial charge on any atom is -0.376 e. The first-order valence-corrected chi connectivity index (χ1v) is 24.6. The van der Waals surface area contributed by atoms with Crippen LogP contribution in [0.1, 0.15) is 149 Å². The number of unbranched alkanes of at least 4 members (excludes halogenated alkanes) is 3. The van der Waals surface area contributed by atoms with Gasteiger partial charge in [-0.1, -0.05) is 96.1 Å². The van der Waals surface area contributed by atoms with Crippen LogP contribution in [0.2, 0.25) is 23.7 Å². The van der Waals surface area contributed by atoms with Crippen molar-refractivity contribution in [2.75, 3.05) is 20.7 Å². The molecule has 8 fully saturated rings. The first kappa shape index (κ1) is 34.2. The SMILES string of the molecule is CN1C2CCCCC2C2C1C1CCCCC1C2[Si](C)(CCCCCCOC(C)(C)C)C1C2CCCCC2C2C1C1CCCCC1N2C. The molecule has 6 saturated carbocycles. The van der Waals surface area contributed by atoms with Crippen LogP contribution >= 0.6 is 0 Å². The molecule has 8 aliphatic rings. The minimum absolute atomic E-state index is 0.00737. The van der Waals surface area contributed by atoms with Gasteiger partial charge in [0.2, 0.25) is 0 Å². The van der Waals surface area contributed by atoms with Crippen LogP contribution in [0.25, 0.3) is 0 Å². The third-order valence-electron chi connectivity index (χ3n) is 17.4. The lowest BCUT2D eigenvalue weighted by Crippen LogP contribution is -2.52. The lowest BCUT2D eigenvalue weighted by Gasteiger charge is -2.52. The second-order valence-corrected chi connectivity index (χ2v) is 25.2. The van der Waals surface area contributed by atoms with Crippen LogP contribution < -0.4 is 0 Å². The summed E-state index contributed by atoms with van der Waals surface area (Å²) in [7, 11) is 3.61. The third-order valence-corrected chi connectivity index (χ3v) is 23.5. The number of hydrogen-bond donors (Lipinski definition) is 0. The monoisotopic (exact) mass is 665 g/mol. The van der Waals surface area contributed by atoms with Crippen molar-refractivity contribution in [3.63, 3.8) is 0 Å². The summed E-state index contributed by atoms with van der Waals surface area (Å²) in [5, 5.41) is 0. The largest absolute Gasteiger partial charge is 0.376 e. The van der Waals surface area contributed by atoms with Gasteiger partial charge in [0, 0.05) is 30.8 Å². The number of ether oxygens (including phenoxy) is 1. The maximum Gasteiger partial charge on any atom is 0.0598 e. The second-order valence-electron chi connectivity index (χ2n) is 20.4. The Morgan fingerprint density at radius 2 is 0.936 bits per heavy atom. The van der Waals surface area contributed by atoms with Crippen molar-refractivity contribution in [3.8, 4) is 0 Å². The molecule has 2 aliphatic heterocycles. The van der Waals surface area contributed by atoms with E-state index in [9.17, 15) is 0 Å². The maximum absolute atomic E-state index is 6.17. The smallest absolute Gasteiger partial charge is 0.0598 e. The van der Waals surface area contributed by atoms with Crippen molar-refractivity contribution >= 4 is 8.07 Å².